The molecular weight excluding hydrogens is 322 g/mol. The molecule has 0 N–H and O–H groups in total. The lowest BCUT2D eigenvalue weighted by atomic mass is 10.0. The number of benzene rings is 3. The SMILES string of the molecule is CN(Cc1cccc2ccccc12)C(=O)COc1ccc(Cl)cc1. The Morgan fingerprint density at radius 3 is 2.50 bits per heavy atom. The number of likely N-dealkylation sites (N-methyl/N-ethyl adjacent to an activating group) is 1. The summed E-state index contributed by atoms with van der Waals surface area (Å²) in [6.07, 6.45) is 0. The molecule has 122 valence electrons. The number of hydrogen-bond acceptors (Lipinski definition) is 2. The lowest BCUT2D eigenvalue weighted by molar-refractivity contribution is -0.132. The Hall–Kier alpha value is -2.52. The van der Waals surface area contributed by atoms with E-state index in [-0.39, 0.29) is 12.5 Å². The van der Waals surface area contributed by atoms with Gasteiger partial charge in [0, 0.05) is 18.6 Å². The monoisotopic (exact) mass is 339 g/mol. The molecule has 0 aliphatic heterocycles. The fourth-order valence-electron chi connectivity index (χ4n) is 2.56. The van der Waals surface area contributed by atoms with Gasteiger partial charge < -0.3 is 9.64 Å². The van der Waals surface area contributed by atoms with E-state index in [4.69, 9.17) is 16.3 Å². The van der Waals surface area contributed by atoms with Crippen LogP contribution < -0.4 is 4.74 Å². The maximum Gasteiger partial charge on any atom is 0.260 e. The fraction of sp³-hybridized carbons (Fsp3) is 0.150. The lowest BCUT2D eigenvalue weighted by Gasteiger charge is -2.18. The Kier molecular flexibility index (Phi) is 5.02. The lowest BCUT2D eigenvalue weighted by Crippen LogP contribution is -2.31. The van der Waals surface area contributed by atoms with Crippen molar-refractivity contribution in [3.8, 4) is 5.75 Å². The van der Waals surface area contributed by atoms with Gasteiger partial charge in [0.05, 0.1) is 0 Å². The van der Waals surface area contributed by atoms with Gasteiger partial charge in [-0.05, 0) is 40.6 Å². The molecule has 0 fully saturated rings. The van der Waals surface area contributed by atoms with Crippen molar-refractivity contribution in [2.24, 2.45) is 0 Å². The van der Waals surface area contributed by atoms with Crippen LogP contribution in [0.15, 0.2) is 66.7 Å². The topological polar surface area (TPSA) is 29.5 Å². The molecule has 0 saturated heterocycles. The van der Waals surface area contributed by atoms with Crippen LogP contribution in [0.3, 0.4) is 0 Å². The van der Waals surface area contributed by atoms with Gasteiger partial charge in [0.15, 0.2) is 6.61 Å². The molecule has 0 aromatic heterocycles. The van der Waals surface area contributed by atoms with Gasteiger partial charge in [-0.3, -0.25) is 4.79 Å². The predicted molar refractivity (Wildman–Crippen MR) is 97.4 cm³/mol. The number of rotatable bonds is 5. The Bertz CT molecular complexity index is 840. The zero-order valence-electron chi connectivity index (χ0n) is 13.4. The second kappa shape index (κ2) is 7.37. The van der Waals surface area contributed by atoms with E-state index in [2.05, 4.69) is 18.2 Å². The zero-order valence-corrected chi connectivity index (χ0v) is 14.2. The summed E-state index contributed by atoms with van der Waals surface area (Å²) in [4.78, 5) is 14.0. The van der Waals surface area contributed by atoms with Gasteiger partial charge in [0.2, 0.25) is 0 Å². The molecule has 3 rings (SSSR count). The van der Waals surface area contributed by atoms with Crippen LogP contribution >= 0.6 is 11.6 Å². The number of hydrogen-bond donors (Lipinski definition) is 0. The number of amides is 1. The van der Waals surface area contributed by atoms with Gasteiger partial charge in [-0.15, -0.1) is 0 Å². The van der Waals surface area contributed by atoms with Crippen LogP contribution in [0.2, 0.25) is 5.02 Å². The normalized spacial score (nSPS) is 10.6. The largest absolute Gasteiger partial charge is 0.484 e. The van der Waals surface area contributed by atoms with Crippen LogP contribution in [-0.2, 0) is 11.3 Å². The minimum absolute atomic E-state index is 0.00288. The molecule has 0 heterocycles. The van der Waals surface area contributed by atoms with E-state index in [0.29, 0.717) is 17.3 Å². The van der Waals surface area contributed by atoms with Gasteiger partial charge in [0.1, 0.15) is 5.75 Å². The molecule has 0 spiro atoms. The smallest absolute Gasteiger partial charge is 0.260 e. The van der Waals surface area contributed by atoms with Crippen LogP contribution in [0, 0.1) is 0 Å². The second-order valence-corrected chi connectivity index (χ2v) is 6.07. The number of carbonyl (C=O) groups is 1. The molecule has 0 saturated carbocycles. The molecule has 24 heavy (non-hydrogen) atoms. The van der Waals surface area contributed by atoms with Gasteiger partial charge in [-0.25, -0.2) is 0 Å². The molecule has 3 aromatic carbocycles. The molecule has 0 aliphatic rings. The van der Waals surface area contributed by atoms with Crippen LogP contribution in [-0.4, -0.2) is 24.5 Å². The summed E-state index contributed by atoms with van der Waals surface area (Å²) in [5, 5.41) is 2.98. The van der Waals surface area contributed by atoms with Gasteiger partial charge >= 0.3 is 0 Å². The van der Waals surface area contributed by atoms with E-state index in [1.807, 2.05) is 24.3 Å². The summed E-state index contributed by atoms with van der Waals surface area (Å²) in [5.74, 6) is 0.559. The summed E-state index contributed by atoms with van der Waals surface area (Å²) < 4.78 is 5.52. The van der Waals surface area contributed by atoms with Gasteiger partial charge in [0.25, 0.3) is 5.91 Å². The Morgan fingerprint density at radius 1 is 1.00 bits per heavy atom. The van der Waals surface area contributed by atoms with Crippen molar-refractivity contribution in [2.75, 3.05) is 13.7 Å². The minimum atomic E-state index is -0.0714. The van der Waals surface area contributed by atoms with Crippen molar-refractivity contribution < 1.29 is 9.53 Å². The third-order valence-corrected chi connectivity index (χ3v) is 4.14. The molecule has 0 unspecified atom stereocenters. The number of carbonyl (C=O) groups excluding carboxylic acids is 1. The number of halogens is 1. The average Bonchev–Trinajstić information content (AvgIpc) is 2.61. The first kappa shape index (κ1) is 16.3. The Labute approximate surface area is 146 Å². The molecule has 0 aliphatic carbocycles. The molecule has 3 nitrogen and oxygen atoms in total. The molecule has 4 heteroatoms. The van der Waals surface area contributed by atoms with Crippen molar-refractivity contribution in [2.45, 2.75) is 6.54 Å². The predicted octanol–water partition coefficient (Wildman–Crippen LogP) is 4.53. The molecular formula is C20H18ClNO2. The summed E-state index contributed by atoms with van der Waals surface area (Å²) in [6.45, 7) is 0.549. The standard InChI is InChI=1S/C20H18ClNO2/c1-22(20(23)14-24-18-11-9-17(21)10-12-18)13-16-7-4-6-15-5-2-3-8-19(15)16/h2-12H,13-14H2,1H3. The molecule has 0 radical (unpaired) electrons. The first-order valence-corrected chi connectivity index (χ1v) is 8.10. The molecule has 0 atom stereocenters. The summed E-state index contributed by atoms with van der Waals surface area (Å²) in [7, 11) is 1.79. The summed E-state index contributed by atoms with van der Waals surface area (Å²) >= 11 is 5.83. The highest BCUT2D eigenvalue weighted by molar-refractivity contribution is 6.30. The molecule has 3 aromatic rings. The maximum absolute atomic E-state index is 12.3. The highest BCUT2D eigenvalue weighted by Crippen LogP contribution is 2.20. The van der Waals surface area contributed by atoms with Crippen molar-refractivity contribution in [1.82, 2.24) is 4.90 Å². The van der Waals surface area contributed by atoms with Gasteiger partial charge in [-0.1, -0.05) is 54.1 Å². The first-order valence-electron chi connectivity index (χ1n) is 7.72. The van der Waals surface area contributed by atoms with E-state index < -0.39 is 0 Å². The average molecular weight is 340 g/mol. The van der Waals surface area contributed by atoms with E-state index in [0.717, 1.165) is 5.56 Å². The summed E-state index contributed by atoms with van der Waals surface area (Å²) in [6, 6.07) is 21.3. The quantitative estimate of drug-likeness (QED) is 0.683. The zero-order chi connectivity index (χ0) is 16.9. The maximum atomic E-state index is 12.3. The third-order valence-electron chi connectivity index (χ3n) is 3.89. The Balaban J connectivity index is 1.64. The van der Waals surface area contributed by atoms with Crippen molar-refractivity contribution in [3.63, 3.8) is 0 Å². The van der Waals surface area contributed by atoms with E-state index in [1.54, 1.807) is 36.2 Å². The Morgan fingerprint density at radius 2 is 1.71 bits per heavy atom. The van der Waals surface area contributed by atoms with Crippen LogP contribution in [0.4, 0.5) is 0 Å². The fourth-order valence-corrected chi connectivity index (χ4v) is 2.69. The highest BCUT2D eigenvalue weighted by atomic mass is 35.5. The minimum Gasteiger partial charge on any atom is -0.484 e. The van der Waals surface area contributed by atoms with Crippen LogP contribution in [0.1, 0.15) is 5.56 Å². The molecule has 0 bridgehead atoms. The number of nitrogens with zero attached hydrogens (tertiary/aromatic N) is 1. The number of ether oxygens (including phenoxy) is 1. The van der Waals surface area contributed by atoms with E-state index in [1.165, 1.54) is 10.8 Å². The van der Waals surface area contributed by atoms with Crippen molar-refractivity contribution >= 4 is 28.3 Å². The summed E-state index contributed by atoms with van der Waals surface area (Å²) in [5.41, 5.74) is 1.12. The van der Waals surface area contributed by atoms with Crippen molar-refractivity contribution in [3.05, 3.63) is 77.3 Å². The van der Waals surface area contributed by atoms with Crippen LogP contribution in [0.5, 0.6) is 5.75 Å². The molecule has 1 amide bonds. The van der Waals surface area contributed by atoms with Crippen molar-refractivity contribution in [1.29, 1.82) is 0 Å². The van der Waals surface area contributed by atoms with Crippen LogP contribution in [0.25, 0.3) is 10.8 Å². The second-order valence-electron chi connectivity index (χ2n) is 5.63. The number of fused-ring (bicyclic) bond motifs is 1. The first-order chi connectivity index (χ1) is 11.6. The van der Waals surface area contributed by atoms with E-state index in [9.17, 15) is 4.79 Å². The van der Waals surface area contributed by atoms with E-state index >= 15 is 0 Å². The third kappa shape index (κ3) is 3.87. The highest BCUT2D eigenvalue weighted by Gasteiger charge is 2.11. The van der Waals surface area contributed by atoms with Gasteiger partial charge in [-0.2, -0.15) is 0 Å².